The molecule has 0 radical (unpaired) electrons. The number of nitrogens with zero attached hydrogens (tertiary/aromatic N) is 2. The summed E-state index contributed by atoms with van der Waals surface area (Å²) in [5.74, 6) is 0.449. The number of anilines is 1. The van der Waals surface area contributed by atoms with Gasteiger partial charge >= 0.3 is 0 Å². The highest BCUT2D eigenvalue weighted by Gasteiger charge is 2.11. The van der Waals surface area contributed by atoms with Gasteiger partial charge in [0.1, 0.15) is 0 Å². The summed E-state index contributed by atoms with van der Waals surface area (Å²) in [6.07, 6.45) is 2.09. The number of nitrogens with one attached hydrogen (secondary N) is 1. The summed E-state index contributed by atoms with van der Waals surface area (Å²) in [6.45, 7) is 7.26. The summed E-state index contributed by atoms with van der Waals surface area (Å²) in [5.41, 5.74) is 4.81. The van der Waals surface area contributed by atoms with Crippen molar-refractivity contribution in [2.45, 2.75) is 33.2 Å². The normalized spacial score (nSPS) is 11.1. The molecule has 4 heteroatoms. The zero-order chi connectivity index (χ0) is 14.0. The molecule has 0 aliphatic carbocycles. The van der Waals surface area contributed by atoms with E-state index >= 15 is 0 Å². The SMILES string of the molecule is Cc1cc(NCc2cn(C)nc2C(C)C)ccc1Br. The minimum atomic E-state index is 0.449. The van der Waals surface area contributed by atoms with Gasteiger partial charge in [0.15, 0.2) is 0 Å². The Hall–Kier alpha value is -1.29. The van der Waals surface area contributed by atoms with Gasteiger partial charge in [-0.1, -0.05) is 29.8 Å². The predicted octanol–water partition coefficient (Wildman–Crippen LogP) is 4.23. The van der Waals surface area contributed by atoms with Crippen LogP contribution in [0.5, 0.6) is 0 Å². The fraction of sp³-hybridized carbons (Fsp3) is 0.400. The molecule has 2 rings (SSSR count). The summed E-state index contributed by atoms with van der Waals surface area (Å²) in [7, 11) is 1.97. The minimum Gasteiger partial charge on any atom is -0.381 e. The number of benzene rings is 1. The van der Waals surface area contributed by atoms with Crippen LogP contribution in [0.15, 0.2) is 28.9 Å². The van der Waals surface area contributed by atoms with Crippen molar-refractivity contribution in [3.63, 3.8) is 0 Å². The number of halogens is 1. The van der Waals surface area contributed by atoms with Gasteiger partial charge in [0.25, 0.3) is 0 Å². The van der Waals surface area contributed by atoms with E-state index in [0.717, 1.165) is 16.7 Å². The van der Waals surface area contributed by atoms with Gasteiger partial charge in [0.2, 0.25) is 0 Å². The van der Waals surface area contributed by atoms with Crippen LogP contribution in [0.2, 0.25) is 0 Å². The summed E-state index contributed by atoms with van der Waals surface area (Å²) < 4.78 is 3.03. The van der Waals surface area contributed by atoms with Crippen molar-refractivity contribution in [1.82, 2.24) is 9.78 Å². The molecule has 102 valence electrons. The smallest absolute Gasteiger partial charge is 0.0699 e. The Balaban J connectivity index is 2.12. The lowest BCUT2D eigenvalue weighted by Gasteiger charge is -2.09. The van der Waals surface area contributed by atoms with Crippen molar-refractivity contribution in [2.24, 2.45) is 7.05 Å². The Morgan fingerprint density at radius 1 is 1.37 bits per heavy atom. The highest BCUT2D eigenvalue weighted by Crippen LogP contribution is 2.22. The van der Waals surface area contributed by atoms with Gasteiger partial charge in [-0.2, -0.15) is 5.10 Å². The average molecular weight is 322 g/mol. The van der Waals surface area contributed by atoms with E-state index in [2.05, 4.69) is 71.5 Å². The lowest BCUT2D eigenvalue weighted by Crippen LogP contribution is -2.02. The van der Waals surface area contributed by atoms with Crippen molar-refractivity contribution in [2.75, 3.05) is 5.32 Å². The first-order valence-electron chi connectivity index (χ1n) is 6.50. The third-order valence-corrected chi connectivity index (χ3v) is 4.01. The number of rotatable bonds is 4. The molecule has 0 spiro atoms. The van der Waals surface area contributed by atoms with Crippen LogP contribution in [-0.2, 0) is 13.6 Å². The van der Waals surface area contributed by atoms with Gasteiger partial charge in [-0.3, -0.25) is 4.68 Å². The van der Waals surface area contributed by atoms with Crippen LogP contribution in [0, 0.1) is 6.92 Å². The topological polar surface area (TPSA) is 29.9 Å². The van der Waals surface area contributed by atoms with Crippen LogP contribution in [0.4, 0.5) is 5.69 Å². The number of hydrogen-bond donors (Lipinski definition) is 1. The molecule has 0 bridgehead atoms. The Labute approximate surface area is 123 Å². The standard InChI is InChI=1S/C15H20BrN3/c1-10(2)15-12(9-19(4)18-15)8-17-13-5-6-14(16)11(3)7-13/h5-7,9-10,17H,8H2,1-4H3. The molecule has 1 aromatic carbocycles. The largest absolute Gasteiger partial charge is 0.381 e. The summed E-state index contributed by atoms with van der Waals surface area (Å²) in [5, 5.41) is 7.99. The second kappa shape index (κ2) is 5.78. The van der Waals surface area contributed by atoms with Gasteiger partial charge < -0.3 is 5.32 Å². The van der Waals surface area contributed by atoms with E-state index in [1.54, 1.807) is 0 Å². The van der Waals surface area contributed by atoms with Gasteiger partial charge in [0, 0.05) is 35.5 Å². The molecule has 1 aromatic heterocycles. The maximum atomic E-state index is 4.52. The molecular weight excluding hydrogens is 302 g/mol. The maximum Gasteiger partial charge on any atom is 0.0699 e. The molecule has 2 aromatic rings. The summed E-state index contributed by atoms with van der Waals surface area (Å²) >= 11 is 3.52. The van der Waals surface area contributed by atoms with E-state index in [9.17, 15) is 0 Å². The van der Waals surface area contributed by atoms with Gasteiger partial charge in [-0.25, -0.2) is 0 Å². The van der Waals surface area contributed by atoms with E-state index in [0.29, 0.717) is 5.92 Å². The first kappa shape index (κ1) is 14.1. The molecular formula is C15H20BrN3. The first-order valence-corrected chi connectivity index (χ1v) is 7.29. The molecule has 0 unspecified atom stereocenters. The quantitative estimate of drug-likeness (QED) is 0.913. The number of aryl methyl sites for hydroxylation is 2. The molecule has 0 saturated carbocycles. The monoisotopic (exact) mass is 321 g/mol. The van der Waals surface area contributed by atoms with E-state index in [4.69, 9.17) is 0 Å². The van der Waals surface area contributed by atoms with Crippen molar-refractivity contribution in [1.29, 1.82) is 0 Å². The van der Waals surface area contributed by atoms with E-state index in [1.807, 2.05) is 11.7 Å². The minimum absolute atomic E-state index is 0.449. The average Bonchev–Trinajstić information content (AvgIpc) is 2.72. The van der Waals surface area contributed by atoms with E-state index in [1.165, 1.54) is 16.8 Å². The predicted molar refractivity (Wildman–Crippen MR) is 83.5 cm³/mol. The fourth-order valence-electron chi connectivity index (χ4n) is 2.13. The lowest BCUT2D eigenvalue weighted by atomic mass is 10.1. The Bertz CT molecular complexity index is 573. The fourth-order valence-corrected chi connectivity index (χ4v) is 2.38. The van der Waals surface area contributed by atoms with Crippen molar-refractivity contribution >= 4 is 21.6 Å². The van der Waals surface area contributed by atoms with Gasteiger partial charge in [-0.15, -0.1) is 0 Å². The summed E-state index contributed by atoms with van der Waals surface area (Å²) in [4.78, 5) is 0. The van der Waals surface area contributed by atoms with Crippen LogP contribution in [0.3, 0.4) is 0 Å². The van der Waals surface area contributed by atoms with Crippen LogP contribution in [-0.4, -0.2) is 9.78 Å². The Kier molecular flexibility index (Phi) is 4.30. The van der Waals surface area contributed by atoms with E-state index in [-0.39, 0.29) is 0 Å². The molecule has 0 aliphatic rings. The molecule has 0 aliphatic heterocycles. The van der Waals surface area contributed by atoms with Crippen LogP contribution in [0.1, 0.15) is 36.6 Å². The van der Waals surface area contributed by atoms with Gasteiger partial charge in [0.05, 0.1) is 5.69 Å². The molecule has 1 heterocycles. The lowest BCUT2D eigenvalue weighted by molar-refractivity contribution is 0.712. The molecule has 3 nitrogen and oxygen atoms in total. The van der Waals surface area contributed by atoms with Crippen molar-refractivity contribution in [3.8, 4) is 0 Å². The molecule has 0 saturated heterocycles. The Morgan fingerprint density at radius 2 is 2.11 bits per heavy atom. The third kappa shape index (κ3) is 3.38. The highest BCUT2D eigenvalue weighted by molar-refractivity contribution is 9.10. The number of aromatic nitrogens is 2. The van der Waals surface area contributed by atoms with Crippen LogP contribution in [0.25, 0.3) is 0 Å². The summed E-state index contributed by atoms with van der Waals surface area (Å²) in [6, 6.07) is 6.31. The van der Waals surface area contributed by atoms with Gasteiger partial charge in [-0.05, 0) is 36.6 Å². The second-order valence-electron chi connectivity index (χ2n) is 5.19. The molecule has 0 atom stereocenters. The maximum absolute atomic E-state index is 4.52. The molecule has 19 heavy (non-hydrogen) atoms. The second-order valence-corrected chi connectivity index (χ2v) is 6.04. The molecule has 0 fully saturated rings. The zero-order valence-corrected chi connectivity index (χ0v) is 13.5. The van der Waals surface area contributed by atoms with Crippen LogP contribution >= 0.6 is 15.9 Å². The zero-order valence-electron chi connectivity index (χ0n) is 11.9. The Morgan fingerprint density at radius 3 is 2.74 bits per heavy atom. The van der Waals surface area contributed by atoms with Crippen molar-refractivity contribution < 1.29 is 0 Å². The van der Waals surface area contributed by atoms with E-state index < -0.39 is 0 Å². The van der Waals surface area contributed by atoms with Crippen LogP contribution < -0.4 is 5.32 Å². The highest BCUT2D eigenvalue weighted by atomic mass is 79.9. The third-order valence-electron chi connectivity index (χ3n) is 3.12. The van der Waals surface area contributed by atoms with Crippen molar-refractivity contribution in [3.05, 3.63) is 45.7 Å². The number of hydrogen-bond acceptors (Lipinski definition) is 2. The molecule has 1 N–H and O–H groups in total. The first-order chi connectivity index (χ1) is 8.97. The molecule has 0 amide bonds.